The smallest absolute Gasteiger partial charge is 0.303 e. The van der Waals surface area contributed by atoms with E-state index in [1.165, 1.54) is 0 Å². The van der Waals surface area contributed by atoms with Gasteiger partial charge in [-0.3, -0.25) is 4.79 Å². The predicted octanol–water partition coefficient (Wildman–Crippen LogP) is 2.94. The van der Waals surface area contributed by atoms with E-state index in [2.05, 4.69) is 31.1 Å². The summed E-state index contributed by atoms with van der Waals surface area (Å²) in [5.41, 5.74) is 0.124. The summed E-state index contributed by atoms with van der Waals surface area (Å²) in [4.78, 5) is 15.0. The number of carboxylic acid groups (broad SMARTS) is 1. The highest BCUT2D eigenvalue weighted by Gasteiger charge is 2.25. The van der Waals surface area contributed by atoms with E-state index in [1.54, 1.807) is 12.3 Å². The molecule has 0 amide bonds. The van der Waals surface area contributed by atoms with Crippen LogP contribution in [0.25, 0.3) is 11.6 Å². The van der Waals surface area contributed by atoms with Crippen molar-refractivity contribution in [2.45, 2.75) is 26.7 Å². The molecule has 0 atom stereocenters. The molecule has 0 fully saturated rings. The number of hydrogen-bond acceptors (Lipinski definition) is 5. The molecule has 1 N–H and O–H groups in total. The fourth-order valence-corrected chi connectivity index (χ4v) is 2.27. The number of halogens is 1. The van der Waals surface area contributed by atoms with Crippen molar-refractivity contribution >= 4 is 21.9 Å². The van der Waals surface area contributed by atoms with E-state index in [1.807, 2.05) is 19.9 Å². The third kappa shape index (κ3) is 3.63. The number of aromatic nitrogens is 3. The molecule has 0 unspecified atom stereocenters. The van der Waals surface area contributed by atoms with Crippen molar-refractivity contribution in [3.8, 4) is 11.6 Å². The minimum atomic E-state index is -0.845. The van der Waals surface area contributed by atoms with Crippen LogP contribution in [0.1, 0.15) is 26.2 Å². The maximum Gasteiger partial charge on any atom is 0.303 e. The van der Waals surface area contributed by atoms with Crippen LogP contribution < -0.4 is 0 Å². The zero-order valence-corrected chi connectivity index (χ0v) is 12.7. The Kier molecular flexibility index (Phi) is 4.17. The van der Waals surface area contributed by atoms with E-state index in [4.69, 9.17) is 9.52 Å². The molecule has 0 aliphatic carbocycles. The van der Waals surface area contributed by atoms with E-state index in [9.17, 15) is 4.79 Å². The monoisotopic (exact) mass is 339 g/mol. The second kappa shape index (κ2) is 5.70. The summed E-state index contributed by atoms with van der Waals surface area (Å²) in [6, 6.07) is 3.63. The standard InChI is InChI=1S/C13H14BrN3O3/c1-13(2,7-10(18)19)6-9-16-17-12(20-9)11-8(14)4-3-5-15-11/h3-5H,6-7H2,1-2H3,(H,18,19). The van der Waals surface area contributed by atoms with Crippen LogP contribution in [-0.4, -0.2) is 26.3 Å². The molecule has 2 heterocycles. The lowest BCUT2D eigenvalue weighted by Crippen LogP contribution is -2.19. The molecule has 7 heteroatoms. The van der Waals surface area contributed by atoms with E-state index >= 15 is 0 Å². The summed E-state index contributed by atoms with van der Waals surface area (Å²) in [5, 5.41) is 16.8. The maximum atomic E-state index is 10.8. The molecule has 0 radical (unpaired) electrons. The van der Waals surface area contributed by atoms with Gasteiger partial charge in [-0.1, -0.05) is 13.8 Å². The van der Waals surface area contributed by atoms with Crippen LogP contribution in [0.3, 0.4) is 0 Å². The summed E-state index contributed by atoms with van der Waals surface area (Å²) in [7, 11) is 0. The minimum absolute atomic E-state index is 0.0397. The molecule has 0 bridgehead atoms. The Morgan fingerprint density at radius 1 is 1.45 bits per heavy atom. The summed E-state index contributed by atoms with van der Waals surface area (Å²) in [6.07, 6.45) is 2.08. The summed E-state index contributed by atoms with van der Waals surface area (Å²) in [5.74, 6) is -0.121. The molecular formula is C13H14BrN3O3. The van der Waals surface area contributed by atoms with Gasteiger partial charge in [0.05, 0.1) is 6.42 Å². The highest BCUT2D eigenvalue weighted by atomic mass is 79.9. The van der Waals surface area contributed by atoms with Gasteiger partial charge in [-0.15, -0.1) is 10.2 Å². The molecule has 2 aromatic rings. The number of rotatable bonds is 5. The average Bonchev–Trinajstić information content (AvgIpc) is 2.75. The fraction of sp³-hybridized carbons (Fsp3) is 0.385. The lowest BCUT2D eigenvalue weighted by atomic mass is 9.86. The Labute approximate surface area is 124 Å². The highest BCUT2D eigenvalue weighted by molar-refractivity contribution is 9.10. The molecule has 2 rings (SSSR count). The Hall–Kier alpha value is -1.76. The number of carbonyl (C=O) groups is 1. The molecule has 6 nitrogen and oxygen atoms in total. The van der Waals surface area contributed by atoms with E-state index in [0.29, 0.717) is 23.9 Å². The Balaban J connectivity index is 2.18. The van der Waals surface area contributed by atoms with Gasteiger partial charge >= 0.3 is 5.97 Å². The molecule has 0 aromatic carbocycles. The van der Waals surface area contributed by atoms with Crippen LogP contribution in [0.2, 0.25) is 0 Å². The van der Waals surface area contributed by atoms with Gasteiger partial charge in [0.1, 0.15) is 5.69 Å². The summed E-state index contributed by atoms with van der Waals surface area (Å²) in [6.45, 7) is 3.70. The van der Waals surface area contributed by atoms with Gasteiger partial charge in [-0.25, -0.2) is 4.98 Å². The zero-order chi connectivity index (χ0) is 14.8. The van der Waals surface area contributed by atoms with Gasteiger partial charge < -0.3 is 9.52 Å². The molecule has 0 saturated carbocycles. The molecule has 0 saturated heterocycles. The first-order valence-corrected chi connectivity index (χ1v) is 6.82. The second-order valence-corrected chi connectivity index (χ2v) is 6.10. The zero-order valence-electron chi connectivity index (χ0n) is 11.1. The van der Waals surface area contributed by atoms with E-state index in [-0.39, 0.29) is 6.42 Å². The number of carboxylic acids is 1. The average molecular weight is 340 g/mol. The topological polar surface area (TPSA) is 89.1 Å². The first kappa shape index (κ1) is 14.6. The first-order valence-electron chi connectivity index (χ1n) is 6.02. The van der Waals surface area contributed by atoms with Crippen LogP contribution >= 0.6 is 15.9 Å². The SMILES string of the molecule is CC(C)(CC(=O)O)Cc1nnc(-c2ncccc2Br)o1. The van der Waals surface area contributed by atoms with Gasteiger partial charge in [0, 0.05) is 17.1 Å². The maximum absolute atomic E-state index is 10.8. The van der Waals surface area contributed by atoms with Crippen LogP contribution in [0.15, 0.2) is 27.2 Å². The van der Waals surface area contributed by atoms with E-state index < -0.39 is 11.4 Å². The number of nitrogens with zero attached hydrogens (tertiary/aromatic N) is 3. The highest BCUT2D eigenvalue weighted by Crippen LogP contribution is 2.28. The normalized spacial score (nSPS) is 11.6. The largest absolute Gasteiger partial charge is 0.481 e. The minimum Gasteiger partial charge on any atom is -0.481 e. The lowest BCUT2D eigenvalue weighted by molar-refractivity contribution is -0.139. The van der Waals surface area contributed by atoms with Crippen LogP contribution in [0.5, 0.6) is 0 Å². The van der Waals surface area contributed by atoms with Crippen molar-refractivity contribution in [3.63, 3.8) is 0 Å². The van der Waals surface area contributed by atoms with Gasteiger partial charge in [-0.05, 0) is 33.5 Å². The predicted molar refractivity (Wildman–Crippen MR) is 75.0 cm³/mol. The van der Waals surface area contributed by atoms with Crippen molar-refractivity contribution in [3.05, 3.63) is 28.7 Å². The summed E-state index contributed by atoms with van der Waals surface area (Å²) < 4.78 is 6.32. The van der Waals surface area contributed by atoms with Crippen LogP contribution in [0, 0.1) is 5.41 Å². The third-order valence-corrected chi connectivity index (χ3v) is 3.33. The molecule has 0 spiro atoms. The van der Waals surface area contributed by atoms with Crippen molar-refractivity contribution in [1.29, 1.82) is 0 Å². The van der Waals surface area contributed by atoms with Gasteiger partial charge in [0.2, 0.25) is 5.89 Å². The Morgan fingerprint density at radius 3 is 2.85 bits per heavy atom. The van der Waals surface area contributed by atoms with Crippen molar-refractivity contribution < 1.29 is 14.3 Å². The second-order valence-electron chi connectivity index (χ2n) is 5.25. The molecule has 106 valence electrons. The fourth-order valence-electron chi connectivity index (χ4n) is 1.85. The first-order chi connectivity index (χ1) is 9.37. The third-order valence-electron chi connectivity index (χ3n) is 2.69. The van der Waals surface area contributed by atoms with Crippen molar-refractivity contribution in [2.75, 3.05) is 0 Å². The van der Waals surface area contributed by atoms with Crippen LogP contribution in [-0.2, 0) is 11.2 Å². The Morgan fingerprint density at radius 2 is 2.20 bits per heavy atom. The van der Waals surface area contributed by atoms with Crippen LogP contribution in [0.4, 0.5) is 0 Å². The number of hydrogen-bond donors (Lipinski definition) is 1. The molecular weight excluding hydrogens is 326 g/mol. The number of pyridine rings is 1. The van der Waals surface area contributed by atoms with Gasteiger partial charge in [0.25, 0.3) is 5.89 Å². The lowest BCUT2D eigenvalue weighted by Gasteiger charge is -2.19. The van der Waals surface area contributed by atoms with Gasteiger partial charge in [-0.2, -0.15) is 0 Å². The van der Waals surface area contributed by atoms with Crippen molar-refractivity contribution in [1.82, 2.24) is 15.2 Å². The Bertz CT molecular complexity index is 625. The molecule has 0 aliphatic rings. The quantitative estimate of drug-likeness (QED) is 0.900. The summed E-state index contributed by atoms with van der Waals surface area (Å²) >= 11 is 3.37. The molecule has 2 aromatic heterocycles. The molecule has 20 heavy (non-hydrogen) atoms. The van der Waals surface area contributed by atoms with E-state index in [0.717, 1.165) is 4.47 Å². The number of aliphatic carboxylic acids is 1. The van der Waals surface area contributed by atoms with Crippen molar-refractivity contribution in [2.24, 2.45) is 5.41 Å². The molecule has 0 aliphatic heterocycles. The van der Waals surface area contributed by atoms with Gasteiger partial charge in [0.15, 0.2) is 0 Å².